The first-order valence-corrected chi connectivity index (χ1v) is 4.45. The van der Waals surface area contributed by atoms with Gasteiger partial charge in [-0.25, -0.2) is 0 Å². The summed E-state index contributed by atoms with van der Waals surface area (Å²) in [6.07, 6.45) is -7.70. The van der Waals surface area contributed by atoms with Crippen molar-refractivity contribution in [1.29, 1.82) is 0 Å². The van der Waals surface area contributed by atoms with Gasteiger partial charge in [0.1, 0.15) is 18.3 Å². The molecule has 0 fully saturated rings. The van der Waals surface area contributed by atoms with E-state index in [9.17, 15) is 19.8 Å². The fourth-order valence-corrected chi connectivity index (χ4v) is 0.925. The minimum atomic E-state index is -2.08. The molecule has 0 radical (unpaired) electrons. The van der Waals surface area contributed by atoms with Gasteiger partial charge in [-0.1, -0.05) is 0 Å². The topological polar surface area (TPSA) is 147 Å². The van der Waals surface area contributed by atoms with E-state index in [-0.39, 0.29) is 0 Å². The van der Waals surface area contributed by atoms with Crippen molar-refractivity contribution in [1.82, 2.24) is 5.32 Å². The molecule has 0 unspecified atom stereocenters. The van der Waals surface area contributed by atoms with Crippen LogP contribution in [0.1, 0.15) is 6.92 Å². The van der Waals surface area contributed by atoms with Gasteiger partial charge in [0.05, 0.1) is 6.61 Å². The lowest BCUT2D eigenvalue weighted by molar-refractivity contribution is -0.150. The maximum absolute atomic E-state index is 11.0. The maximum Gasteiger partial charge on any atom is 0.258 e. The maximum atomic E-state index is 11.0. The van der Waals surface area contributed by atoms with Crippen LogP contribution in [0.25, 0.3) is 0 Å². The molecule has 0 spiro atoms. The lowest BCUT2D eigenvalue weighted by atomic mass is 10.0. The van der Waals surface area contributed by atoms with Crippen LogP contribution in [-0.2, 0) is 9.59 Å². The van der Waals surface area contributed by atoms with Crippen molar-refractivity contribution in [2.24, 2.45) is 0 Å². The molecule has 4 atom stereocenters. The van der Waals surface area contributed by atoms with Crippen molar-refractivity contribution in [3.8, 4) is 0 Å². The number of imide groups is 1. The Bertz CT molecular complexity index is 257. The summed E-state index contributed by atoms with van der Waals surface area (Å²) in [4.78, 5) is 21.5. The van der Waals surface area contributed by atoms with E-state index in [1.807, 2.05) is 0 Å². The second-order valence-electron chi connectivity index (χ2n) is 3.22. The van der Waals surface area contributed by atoms with E-state index in [0.717, 1.165) is 6.92 Å². The number of hydrogen-bond acceptors (Lipinski definition) is 7. The zero-order valence-corrected chi connectivity index (χ0v) is 8.57. The van der Waals surface area contributed by atoms with Gasteiger partial charge in [0.2, 0.25) is 5.91 Å². The number of aliphatic hydroxyl groups is 5. The molecule has 16 heavy (non-hydrogen) atoms. The monoisotopic (exact) mass is 237 g/mol. The summed E-state index contributed by atoms with van der Waals surface area (Å²) in [6.45, 7) is 0.176. The molecule has 0 aliphatic carbocycles. The molecule has 8 heteroatoms. The van der Waals surface area contributed by atoms with Crippen LogP contribution in [-0.4, -0.2) is 68.4 Å². The Labute approximate surface area is 91.1 Å². The molecule has 0 aromatic carbocycles. The average Bonchev–Trinajstić information content (AvgIpc) is 2.23. The van der Waals surface area contributed by atoms with Gasteiger partial charge in [0.25, 0.3) is 5.91 Å². The van der Waals surface area contributed by atoms with Crippen LogP contribution in [0.3, 0.4) is 0 Å². The van der Waals surface area contributed by atoms with E-state index in [1.54, 1.807) is 5.32 Å². The number of amides is 2. The predicted molar refractivity (Wildman–Crippen MR) is 49.9 cm³/mol. The zero-order chi connectivity index (χ0) is 12.9. The Kier molecular flexibility index (Phi) is 6.08. The summed E-state index contributed by atoms with van der Waals surface area (Å²) >= 11 is 0. The molecule has 0 rings (SSSR count). The van der Waals surface area contributed by atoms with Crippen molar-refractivity contribution in [3.63, 3.8) is 0 Å². The summed E-state index contributed by atoms with van der Waals surface area (Å²) < 4.78 is 0. The van der Waals surface area contributed by atoms with Crippen LogP contribution < -0.4 is 5.32 Å². The largest absolute Gasteiger partial charge is 0.394 e. The van der Waals surface area contributed by atoms with Gasteiger partial charge in [-0.15, -0.1) is 0 Å². The quantitative estimate of drug-likeness (QED) is 0.286. The van der Waals surface area contributed by atoms with Crippen LogP contribution in [0.4, 0.5) is 0 Å². The van der Waals surface area contributed by atoms with E-state index in [2.05, 4.69) is 0 Å². The van der Waals surface area contributed by atoms with Crippen LogP contribution >= 0.6 is 0 Å². The molecule has 0 aromatic rings. The molecule has 0 aromatic heterocycles. The number of carbonyl (C=O) groups is 2. The third-order valence-electron chi connectivity index (χ3n) is 1.82. The molecule has 8 nitrogen and oxygen atoms in total. The van der Waals surface area contributed by atoms with Gasteiger partial charge < -0.3 is 25.5 Å². The zero-order valence-electron chi connectivity index (χ0n) is 8.57. The van der Waals surface area contributed by atoms with Gasteiger partial charge in [-0.2, -0.15) is 0 Å². The van der Waals surface area contributed by atoms with Crippen molar-refractivity contribution < 1.29 is 35.1 Å². The Morgan fingerprint density at radius 1 is 1.12 bits per heavy atom. The molecule has 2 amide bonds. The van der Waals surface area contributed by atoms with Crippen molar-refractivity contribution in [3.05, 3.63) is 0 Å². The summed E-state index contributed by atoms with van der Waals surface area (Å²) in [5.74, 6) is -1.95. The lowest BCUT2D eigenvalue weighted by Gasteiger charge is -2.24. The van der Waals surface area contributed by atoms with Gasteiger partial charge in [-0.3, -0.25) is 14.9 Å². The second kappa shape index (κ2) is 6.51. The highest BCUT2D eigenvalue weighted by Crippen LogP contribution is 2.05. The number of nitrogens with one attached hydrogen (secondary N) is 1. The molecule has 0 bridgehead atoms. The molecule has 0 aliphatic heterocycles. The molecule has 6 N–H and O–H groups in total. The van der Waals surface area contributed by atoms with Gasteiger partial charge in [0.15, 0.2) is 6.10 Å². The minimum Gasteiger partial charge on any atom is -0.394 e. The smallest absolute Gasteiger partial charge is 0.258 e. The molecule has 0 heterocycles. The highest BCUT2D eigenvalue weighted by molar-refractivity contribution is 5.96. The highest BCUT2D eigenvalue weighted by Gasteiger charge is 2.34. The molecular formula is C8H15NO7. The fraction of sp³-hybridized carbons (Fsp3) is 0.750. The van der Waals surface area contributed by atoms with Crippen molar-refractivity contribution >= 4 is 11.8 Å². The molecular weight excluding hydrogens is 222 g/mol. The first-order valence-electron chi connectivity index (χ1n) is 4.45. The van der Waals surface area contributed by atoms with Gasteiger partial charge >= 0.3 is 0 Å². The van der Waals surface area contributed by atoms with Crippen LogP contribution in [0.5, 0.6) is 0 Å². The number of hydrogen-bond donors (Lipinski definition) is 6. The molecule has 0 saturated carbocycles. The Morgan fingerprint density at radius 3 is 2.00 bits per heavy atom. The summed E-state index contributed by atoms with van der Waals surface area (Å²) in [7, 11) is 0. The Morgan fingerprint density at radius 2 is 1.62 bits per heavy atom. The van der Waals surface area contributed by atoms with E-state index in [0.29, 0.717) is 0 Å². The number of rotatable bonds is 5. The van der Waals surface area contributed by atoms with E-state index in [4.69, 9.17) is 15.3 Å². The van der Waals surface area contributed by atoms with E-state index >= 15 is 0 Å². The van der Waals surface area contributed by atoms with Crippen molar-refractivity contribution in [2.75, 3.05) is 6.61 Å². The summed E-state index contributed by atoms with van der Waals surface area (Å²) in [5, 5.41) is 46.7. The SMILES string of the molecule is CC(=O)NC(=O)[C@H](O)[C@@H](O)[C@H](O)[C@H](O)CO. The summed E-state index contributed by atoms with van der Waals surface area (Å²) in [5.41, 5.74) is 0. The first-order chi connectivity index (χ1) is 7.31. The van der Waals surface area contributed by atoms with Gasteiger partial charge in [-0.05, 0) is 0 Å². The lowest BCUT2D eigenvalue weighted by Crippen LogP contribution is -2.52. The molecule has 94 valence electrons. The summed E-state index contributed by atoms with van der Waals surface area (Å²) in [6, 6.07) is 0. The van der Waals surface area contributed by atoms with Crippen LogP contribution in [0, 0.1) is 0 Å². The fourth-order valence-electron chi connectivity index (χ4n) is 0.925. The first kappa shape index (κ1) is 14.9. The third kappa shape index (κ3) is 4.21. The van der Waals surface area contributed by atoms with Crippen LogP contribution in [0.15, 0.2) is 0 Å². The number of carbonyl (C=O) groups excluding carboxylic acids is 2. The highest BCUT2D eigenvalue weighted by atomic mass is 16.4. The van der Waals surface area contributed by atoms with Crippen LogP contribution in [0.2, 0.25) is 0 Å². The van der Waals surface area contributed by atoms with E-state index in [1.165, 1.54) is 0 Å². The molecule has 0 saturated heterocycles. The standard InChI is InChI=1S/C8H15NO7/c1-3(11)9-8(16)7(15)6(14)5(13)4(12)2-10/h4-7,10,12-15H,2H2,1H3,(H,9,11,16)/t4-,5-,6+,7-/m1/s1. The number of aliphatic hydroxyl groups excluding tert-OH is 5. The predicted octanol–water partition coefficient (Wildman–Crippen LogP) is -3.91. The minimum absolute atomic E-state index is 0.742. The Hall–Kier alpha value is -1.06. The Balaban J connectivity index is 4.42. The average molecular weight is 237 g/mol. The van der Waals surface area contributed by atoms with Gasteiger partial charge in [0, 0.05) is 6.92 Å². The second-order valence-corrected chi connectivity index (χ2v) is 3.22. The van der Waals surface area contributed by atoms with Crippen molar-refractivity contribution in [2.45, 2.75) is 31.3 Å². The third-order valence-corrected chi connectivity index (χ3v) is 1.82. The van der Waals surface area contributed by atoms with E-state index < -0.39 is 42.8 Å². The molecule has 0 aliphatic rings. The normalized spacial score (nSPS) is 18.4.